The number of nitrogens with one attached hydrogen (secondary N) is 1. The highest BCUT2D eigenvalue weighted by Crippen LogP contribution is 2.36. The summed E-state index contributed by atoms with van der Waals surface area (Å²) in [5.74, 6) is -2.35. The molecule has 0 atom stereocenters. The Balaban J connectivity index is 2.13. The lowest BCUT2D eigenvalue weighted by Gasteiger charge is -2.11. The fourth-order valence-corrected chi connectivity index (χ4v) is 3.39. The Bertz CT molecular complexity index is 940. The Morgan fingerprint density at radius 3 is 2.77 bits per heavy atom. The van der Waals surface area contributed by atoms with Gasteiger partial charge in [-0.1, -0.05) is 0 Å². The summed E-state index contributed by atoms with van der Waals surface area (Å²) >= 11 is 0. The topological polar surface area (TPSA) is 125 Å². The number of rotatable bonds is 4. The molecule has 2 aromatic heterocycles. The average Bonchev–Trinajstić information content (AvgIpc) is 3.06. The van der Waals surface area contributed by atoms with Crippen LogP contribution >= 0.6 is 0 Å². The summed E-state index contributed by atoms with van der Waals surface area (Å²) < 4.78 is 41.5. The molecule has 0 unspecified atom stereocenters. The van der Waals surface area contributed by atoms with Gasteiger partial charge in [0.05, 0.1) is 12.3 Å². The van der Waals surface area contributed by atoms with Gasteiger partial charge in [0.15, 0.2) is 17.2 Å². The fourth-order valence-electron chi connectivity index (χ4n) is 2.01. The van der Waals surface area contributed by atoms with E-state index in [1.54, 1.807) is 0 Å². The first-order valence-electron chi connectivity index (χ1n) is 6.13. The van der Waals surface area contributed by atoms with Gasteiger partial charge in [0.2, 0.25) is 10.0 Å². The Hall–Kier alpha value is -2.51. The Kier molecular flexibility index (Phi) is 2.95. The first-order valence-corrected chi connectivity index (χ1v) is 7.61. The van der Waals surface area contributed by atoms with Gasteiger partial charge in [0.1, 0.15) is 10.4 Å². The van der Waals surface area contributed by atoms with Crippen LogP contribution in [0.15, 0.2) is 23.4 Å². The lowest BCUT2D eigenvalue weighted by Crippen LogP contribution is -2.35. The summed E-state index contributed by atoms with van der Waals surface area (Å²) in [4.78, 5) is 14.2. The van der Waals surface area contributed by atoms with Crippen LogP contribution in [0, 0.1) is 17.1 Å². The molecular weight excluding hydrogens is 315 g/mol. The number of aromatic carboxylic acids is 1. The molecule has 2 heterocycles. The minimum absolute atomic E-state index is 0.294. The molecule has 114 valence electrons. The smallest absolute Gasteiger partial charge is 0.354 e. The van der Waals surface area contributed by atoms with Crippen LogP contribution in [0.3, 0.4) is 0 Å². The Morgan fingerprint density at radius 2 is 2.23 bits per heavy atom. The lowest BCUT2D eigenvalue weighted by atomic mass is 10.3. The van der Waals surface area contributed by atoms with Gasteiger partial charge in [-0.15, -0.1) is 0 Å². The van der Waals surface area contributed by atoms with Crippen LogP contribution in [0.2, 0.25) is 0 Å². The number of imidazole rings is 1. The molecule has 0 radical (unpaired) electrons. The maximum Gasteiger partial charge on any atom is 0.354 e. The molecule has 0 saturated heterocycles. The van der Waals surface area contributed by atoms with Crippen molar-refractivity contribution in [1.29, 1.82) is 5.26 Å². The molecule has 0 bridgehead atoms. The van der Waals surface area contributed by atoms with Crippen LogP contribution in [0.1, 0.15) is 23.3 Å². The first-order chi connectivity index (χ1) is 10.3. The quantitative estimate of drug-likeness (QED) is 0.844. The van der Waals surface area contributed by atoms with Crippen molar-refractivity contribution in [3.8, 4) is 6.07 Å². The van der Waals surface area contributed by atoms with E-state index in [1.807, 2.05) is 6.07 Å². The highest BCUT2D eigenvalue weighted by atomic mass is 32.2. The van der Waals surface area contributed by atoms with E-state index in [4.69, 9.17) is 10.4 Å². The molecule has 0 spiro atoms. The standard InChI is InChI=1S/C12H9FN4O4S/c13-8-3-7(22(20,21)16-12(6-14)1-2-12)5-17-9(11(18)19)4-15-10(8)17/h3-5,16H,1-2H2,(H,18,19). The second kappa shape index (κ2) is 4.49. The first kappa shape index (κ1) is 14.4. The molecule has 22 heavy (non-hydrogen) atoms. The van der Waals surface area contributed by atoms with Crippen molar-refractivity contribution in [2.24, 2.45) is 0 Å². The number of pyridine rings is 1. The molecular formula is C12H9FN4O4S. The number of carboxylic acid groups (broad SMARTS) is 1. The zero-order valence-electron chi connectivity index (χ0n) is 10.9. The van der Waals surface area contributed by atoms with E-state index in [2.05, 4.69) is 9.71 Å². The monoisotopic (exact) mass is 324 g/mol. The summed E-state index contributed by atoms with van der Waals surface area (Å²) in [5, 5.41) is 17.9. The molecule has 8 nitrogen and oxygen atoms in total. The van der Waals surface area contributed by atoms with Crippen LogP contribution in [0.25, 0.3) is 5.65 Å². The zero-order chi connectivity index (χ0) is 16.1. The number of aromatic nitrogens is 2. The van der Waals surface area contributed by atoms with Gasteiger partial charge in [0.25, 0.3) is 0 Å². The van der Waals surface area contributed by atoms with Crippen molar-refractivity contribution in [3.05, 3.63) is 30.0 Å². The third-order valence-electron chi connectivity index (χ3n) is 3.36. The molecule has 2 aromatic rings. The highest BCUT2D eigenvalue weighted by Gasteiger charge is 2.47. The zero-order valence-corrected chi connectivity index (χ0v) is 11.8. The van der Waals surface area contributed by atoms with Crippen molar-refractivity contribution in [3.63, 3.8) is 0 Å². The lowest BCUT2D eigenvalue weighted by molar-refractivity contribution is 0.0689. The van der Waals surface area contributed by atoms with Gasteiger partial charge in [-0.2, -0.15) is 9.98 Å². The maximum atomic E-state index is 14.0. The molecule has 0 amide bonds. The SMILES string of the molecule is N#CC1(NS(=O)(=O)c2cc(F)c3ncc(C(=O)O)n3c2)CC1. The summed E-state index contributed by atoms with van der Waals surface area (Å²) in [7, 11) is -4.16. The van der Waals surface area contributed by atoms with Crippen LogP contribution in [-0.2, 0) is 10.0 Å². The van der Waals surface area contributed by atoms with Crippen LogP contribution in [-0.4, -0.2) is 34.4 Å². The van der Waals surface area contributed by atoms with Crippen molar-refractivity contribution in [1.82, 2.24) is 14.1 Å². The van der Waals surface area contributed by atoms with Gasteiger partial charge >= 0.3 is 5.97 Å². The molecule has 2 N–H and O–H groups in total. The predicted octanol–water partition coefficient (Wildman–Crippen LogP) is 0.506. The number of sulfonamides is 1. The van der Waals surface area contributed by atoms with Crippen molar-refractivity contribution in [2.75, 3.05) is 0 Å². The summed E-state index contributed by atoms with van der Waals surface area (Å²) in [6, 6.07) is 2.60. The predicted molar refractivity (Wildman–Crippen MR) is 70.0 cm³/mol. The largest absolute Gasteiger partial charge is 0.477 e. The number of nitrogens with zero attached hydrogens (tertiary/aromatic N) is 3. The van der Waals surface area contributed by atoms with Crippen LogP contribution < -0.4 is 4.72 Å². The third kappa shape index (κ3) is 2.20. The number of halogens is 1. The number of carbonyl (C=O) groups is 1. The van der Waals surface area contributed by atoms with E-state index in [0.29, 0.717) is 12.8 Å². The van der Waals surface area contributed by atoms with Gasteiger partial charge in [-0.05, 0) is 18.9 Å². The van der Waals surface area contributed by atoms with Gasteiger partial charge in [-0.3, -0.25) is 4.40 Å². The molecule has 1 aliphatic rings. The number of fused-ring (bicyclic) bond motifs is 1. The summed E-state index contributed by atoms with van der Waals surface area (Å²) in [5.41, 5.74) is -1.82. The van der Waals surface area contributed by atoms with Gasteiger partial charge in [0, 0.05) is 6.20 Å². The third-order valence-corrected chi connectivity index (χ3v) is 4.86. The van der Waals surface area contributed by atoms with E-state index in [1.165, 1.54) is 0 Å². The van der Waals surface area contributed by atoms with E-state index in [0.717, 1.165) is 22.9 Å². The second-order valence-corrected chi connectivity index (χ2v) is 6.65. The van der Waals surface area contributed by atoms with Crippen LogP contribution in [0.5, 0.6) is 0 Å². The van der Waals surface area contributed by atoms with E-state index >= 15 is 0 Å². The van der Waals surface area contributed by atoms with Crippen molar-refractivity contribution >= 4 is 21.6 Å². The van der Waals surface area contributed by atoms with Gasteiger partial charge < -0.3 is 5.11 Å². The minimum Gasteiger partial charge on any atom is -0.477 e. The molecule has 3 rings (SSSR count). The van der Waals surface area contributed by atoms with Crippen molar-refractivity contribution < 1.29 is 22.7 Å². The second-order valence-electron chi connectivity index (χ2n) is 4.97. The van der Waals surface area contributed by atoms with Crippen LogP contribution in [0.4, 0.5) is 4.39 Å². The Labute approximate surface area is 123 Å². The van der Waals surface area contributed by atoms with E-state index in [9.17, 15) is 17.6 Å². The molecule has 1 saturated carbocycles. The van der Waals surface area contributed by atoms with Crippen molar-refractivity contribution in [2.45, 2.75) is 23.3 Å². The highest BCUT2D eigenvalue weighted by molar-refractivity contribution is 7.89. The molecule has 0 aliphatic heterocycles. The number of hydrogen-bond donors (Lipinski definition) is 2. The Morgan fingerprint density at radius 1 is 1.55 bits per heavy atom. The number of nitriles is 1. The fraction of sp³-hybridized carbons (Fsp3) is 0.250. The summed E-state index contributed by atoms with van der Waals surface area (Å²) in [6.07, 6.45) is 2.64. The average molecular weight is 324 g/mol. The number of hydrogen-bond acceptors (Lipinski definition) is 5. The van der Waals surface area contributed by atoms with E-state index in [-0.39, 0.29) is 11.3 Å². The van der Waals surface area contributed by atoms with E-state index < -0.39 is 32.2 Å². The maximum absolute atomic E-state index is 14.0. The summed E-state index contributed by atoms with van der Waals surface area (Å²) in [6.45, 7) is 0. The number of carboxylic acids is 1. The van der Waals surface area contributed by atoms with Gasteiger partial charge in [-0.25, -0.2) is 22.6 Å². The molecule has 0 aromatic carbocycles. The normalized spacial score (nSPS) is 16.4. The minimum atomic E-state index is -4.16. The molecule has 10 heteroatoms. The molecule has 1 fully saturated rings. The molecule has 1 aliphatic carbocycles.